The minimum absolute atomic E-state index is 0.172. The van der Waals surface area contributed by atoms with Crippen LogP contribution in [-0.2, 0) is 11.2 Å². The Bertz CT molecular complexity index is 612. The standard InChI is InChI=1S/C17H21NOS/c1-2-3-17(19)18-9-8-14-11-20-16-7-6-13(10-15(14)16)12-4-5-12/h6-7,10-12H,2-5,8-9H2,1H3,(H,18,19). The van der Waals surface area contributed by atoms with Crippen LogP contribution in [0.4, 0.5) is 0 Å². The fourth-order valence-corrected chi connectivity index (χ4v) is 3.59. The molecule has 3 rings (SSSR count). The van der Waals surface area contributed by atoms with Crippen molar-refractivity contribution in [3.8, 4) is 0 Å². The van der Waals surface area contributed by atoms with Crippen LogP contribution in [0.2, 0.25) is 0 Å². The fraction of sp³-hybridized carbons (Fsp3) is 0.471. The van der Waals surface area contributed by atoms with Crippen LogP contribution < -0.4 is 5.32 Å². The number of carbonyl (C=O) groups is 1. The average molecular weight is 287 g/mol. The number of amides is 1. The Kier molecular flexibility index (Phi) is 4.06. The second-order valence-electron chi connectivity index (χ2n) is 5.64. The van der Waals surface area contributed by atoms with Gasteiger partial charge in [0.2, 0.25) is 5.91 Å². The van der Waals surface area contributed by atoms with E-state index < -0.39 is 0 Å². The number of hydrogen-bond acceptors (Lipinski definition) is 2. The van der Waals surface area contributed by atoms with Gasteiger partial charge >= 0.3 is 0 Å². The second-order valence-corrected chi connectivity index (χ2v) is 6.55. The summed E-state index contributed by atoms with van der Waals surface area (Å²) < 4.78 is 1.37. The Morgan fingerprint density at radius 2 is 2.25 bits per heavy atom. The number of fused-ring (bicyclic) bond motifs is 1. The molecule has 1 aromatic heterocycles. The van der Waals surface area contributed by atoms with Gasteiger partial charge in [-0.2, -0.15) is 0 Å². The Morgan fingerprint density at radius 3 is 3.00 bits per heavy atom. The summed E-state index contributed by atoms with van der Waals surface area (Å²) in [4.78, 5) is 11.5. The number of hydrogen-bond donors (Lipinski definition) is 1. The van der Waals surface area contributed by atoms with Crippen LogP contribution >= 0.6 is 11.3 Å². The van der Waals surface area contributed by atoms with Crippen LogP contribution in [0.1, 0.15) is 49.7 Å². The molecule has 1 amide bonds. The topological polar surface area (TPSA) is 29.1 Å². The summed E-state index contributed by atoms with van der Waals surface area (Å²) in [5.74, 6) is 0.974. The van der Waals surface area contributed by atoms with Crippen molar-refractivity contribution in [1.29, 1.82) is 0 Å². The van der Waals surface area contributed by atoms with Gasteiger partial charge in [-0.15, -0.1) is 11.3 Å². The van der Waals surface area contributed by atoms with E-state index in [1.807, 2.05) is 18.3 Å². The molecule has 2 nitrogen and oxygen atoms in total. The zero-order valence-corrected chi connectivity index (χ0v) is 12.8. The molecule has 1 aromatic carbocycles. The normalized spacial score (nSPS) is 14.7. The maximum Gasteiger partial charge on any atom is 0.219 e. The van der Waals surface area contributed by atoms with E-state index in [9.17, 15) is 4.79 Å². The lowest BCUT2D eigenvalue weighted by molar-refractivity contribution is -0.121. The van der Waals surface area contributed by atoms with E-state index in [0.717, 1.165) is 25.3 Å². The summed E-state index contributed by atoms with van der Waals surface area (Å²) in [6, 6.07) is 6.91. The second kappa shape index (κ2) is 5.96. The third-order valence-corrected chi connectivity index (χ3v) is 4.93. The van der Waals surface area contributed by atoms with Gasteiger partial charge in [0, 0.05) is 17.7 Å². The molecule has 1 aliphatic carbocycles. The number of thiophene rings is 1. The lowest BCUT2D eigenvalue weighted by Crippen LogP contribution is -2.25. The molecular formula is C17H21NOS. The molecule has 0 aliphatic heterocycles. The number of nitrogens with one attached hydrogen (secondary N) is 1. The highest BCUT2D eigenvalue weighted by Gasteiger charge is 2.23. The monoisotopic (exact) mass is 287 g/mol. The molecule has 3 heteroatoms. The minimum atomic E-state index is 0.172. The minimum Gasteiger partial charge on any atom is -0.356 e. The van der Waals surface area contributed by atoms with Crippen LogP contribution in [0.15, 0.2) is 23.6 Å². The largest absolute Gasteiger partial charge is 0.356 e. The van der Waals surface area contributed by atoms with Crippen LogP contribution in [0.5, 0.6) is 0 Å². The van der Waals surface area contributed by atoms with Gasteiger partial charge in [-0.05, 0) is 65.6 Å². The molecule has 0 spiro atoms. The summed E-state index contributed by atoms with van der Waals surface area (Å²) in [7, 11) is 0. The van der Waals surface area contributed by atoms with Gasteiger partial charge in [-0.3, -0.25) is 4.79 Å². The van der Waals surface area contributed by atoms with Crippen molar-refractivity contribution in [3.63, 3.8) is 0 Å². The van der Waals surface area contributed by atoms with Crippen LogP contribution in [-0.4, -0.2) is 12.5 Å². The van der Waals surface area contributed by atoms with Gasteiger partial charge in [0.15, 0.2) is 0 Å². The number of rotatable bonds is 6. The third-order valence-electron chi connectivity index (χ3n) is 3.92. The van der Waals surface area contributed by atoms with Crippen LogP contribution in [0, 0.1) is 0 Å². The molecule has 1 saturated carbocycles. The zero-order valence-electron chi connectivity index (χ0n) is 11.9. The maximum atomic E-state index is 11.5. The van der Waals surface area contributed by atoms with Crippen molar-refractivity contribution >= 4 is 27.3 Å². The molecule has 2 aromatic rings. The lowest BCUT2D eigenvalue weighted by Gasteiger charge is -2.04. The SMILES string of the molecule is CCCC(=O)NCCc1csc2ccc(C3CC3)cc12. The van der Waals surface area contributed by atoms with Crippen molar-refractivity contribution < 1.29 is 4.79 Å². The van der Waals surface area contributed by atoms with Crippen molar-refractivity contribution in [1.82, 2.24) is 5.32 Å². The van der Waals surface area contributed by atoms with Crippen molar-refractivity contribution in [3.05, 3.63) is 34.7 Å². The highest BCUT2D eigenvalue weighted by Crippen LogP contribution is 2.41. The van der Waals surface area contributed by atoms with Gasteiger partial charge in [-0.1, -0.05) is 13.0 Å². The van der Waals surface area contributed by atoms with Crippen LogP contribution in [0.3, 0.4) is 0 Å². The Hall–Kier alpha value is -1.35. The molecule has 0 unspecified atom stereocenters. The molecule has 106 valence electrons. The Morgan fingerprint density at radius 1 is 1.40 bits per heavy atom. The lowest BCUT2D eigenvalue weighted by atomic mass is 10.0. The Labute approximate surface area is 124 Å². The first kappa shape index (κ1) is 13.6. The van der Waals surface area contributed by atoms with Crippen molar-refractivity contribution in [2.45, 2.75) is 44.9 Å². The zero-order chi connectivity index (χ0) is 13.9. The van der Waals surface area contributed by atoms with E-state index in [4.69, 9.17) is 0 Å². The van der Waals surface area contributed by atoms with Crippen LogP contribution in [0.25, 0.3) is 10.1 Å². The molecule has 0 radical (unpaired) electrons. The first-order valence-electron chi connectivity index (χ1n) is 7.54. The summed E-state index contributed by atoms with van der Waals surface area (Å²) in [5, 5.41) is 6.64. The van der Waals surface area contributed by atoms with Gasteiger partial charge in [0.1, 0.15) is 0 Å². The fourth-order valence-electron chi connectivity index (χ4n) is 2.62. The van der Waals surface area contributed by atoms with E-state index >= 15 is 0 Å². The van der Waals surface area contributed by atoms with E-state index in [-0.39, 0.29) is 5.91 Å². The summed E-state index contributed by atoms with van der Waals surface area (Å²) in [6.45, 7) is 2.78. The third kappa shape index (κ3) is 3.04. The van der Waals surface area contributed by atoms with E-state index in [2.05, 4.69) is 28.9 Å². The van der Waals surface area contributed by atoms with Gasteiger partial charge < -0.3 is 5.32 Å². The van der Waals surface area contributed by atoms with E-state index in [1.165, 1.54) is 34.1 Å². The highest BCUT2D eigenvalue weighted by atomic mass is 32.1. The van der Waals surface area contributed by atoms with Gasteiger partial charge in [0.25, 0.3) is 0 Å². The molecule has 1 aliphatic rings. The number of carbonyl (C=O) groups excluding carboxylic acids is 1. The molecule has 0 atom stereocenters. The molecule has 1 heterocycles. The summed E-state index contributed by atoms with van der Waals surface area (Å²) >= 11 is 1.81. The average Bonchev–Trinajstić information content (AvgIpc) is 3.22. The maximum absolute atomic E-state index is 11.5. The van der Waals surface area contributed by atoms with E-state index in [1.54, 1.807) is 0 Å². The molecule has 0 saturated heterocycles. The summed E-state index contributed by atoms with van der Waals surface area (Å²) in [6.07, 6.45) is 5.17. The molecule has 20 heavy (non-hydrogen) atoms. The molecule has 0 bridgehead atoms. The van der Waals surface area contributed by atoms with Gasteiger partial charge in [-0.25, -0.2) is 0 Å². The van der Waals surface area contributed by atoms with Gasteiger partial charge in [0.05, 0.1) is 0 Å². The van der Waals surface area contributed by atoms with E-state index in [0.29, 0.717) is 6.42 Å². The van der Waals surface area contributed by atoms with Crippen molar-refractivity contribution in [2.24, 2.45) is 0 Å². The quantitative estimate of drug-likeness (QED) is 0.846. The van der Waals surface area contributed by atoms with Crippen molar-refractivity contribution in [2.75, 3.05) is 6.54 Å². The molecule has 1 fully saturated rings. The number of benzene rings is 1. The predicted molar refractivity (Wildman–Crippen MR) is 85.4 cm³/mol. The predicted octanol–water partition coefficient (Wildman–Crippen LogP) is 4.24. The first-order chi connectivity index (χ1) is 9.78. The smallest absolute Gasteiger partial charge is 0.219 e. The molecule has 1 N–H and O–H groups in total. The first-order valence-corrected chi connectivity index (χ1v) is 8.42. The Balaban J connectivity index is 1.68. The summed E-state index contributed by atoms with van der Waals surface area (Å²) in [5.41, 5.74) is 2.87. The molecular weight excluding hydrogens is 266 g/mol. The highest BCUT2D eigenvalue weighted by molar-refractivity contribution is 7.17.